The summed E-state index contributed by atoms with van der Waals surface area (Å²) in [6.45, 7) is 6.65. The van der Waals surface area contributed by atoms with Gasteiger partial charge in [-0.1, -0.05) is 29.8 Å². The number of amides is 1. The molecule has 4 bridgehead atoms. The number of aryl methyl sites for hydroxylation is 1. The van der Waals surface area contributed by atoms with Crippen molar-refractivity contribution in [2.24, 2.45) is 23.0 Å². The first-order valence-electron chi connectivity index (χ1n) is 9.84. The molecule has 0 spiro atoms. The standard InChI is InChI=1S/C22H32N2O/c1-15-4-6-18(7-5-15)21-9-16-8-17(10-21)12-22(11-16,13-21)19(25)24-14-20(2,3)23/h4-7,16-17H,8-14,23H2,1-3H3,(H,24,25). The second-order valence-electron chi connectivity index (χ2n) is 10.1. The van der Waals surface area contributed by atoms with Crippen molar-refractivity contribution in [2.75, 3.05) is 6.54 Å². The van der Waals surface area contributed by atoms with Crippen molar-refractivity contribution in [1.82, 2.24) is 5.32 Å². The molecular formula is C22H32N2O. The number of nitrogens with one attached hydrogen (secondary N) is 1. The van der Waals surface area contributed by atoms with Crippen LogP contribution in [0.3, 0.4) is 0 Å². The minimum atomic E-state index is -0.355. The molecule has 4 fully saturated rings. The lowest BCUT2D eigenvalue weighted by molar-refractivity contribution is -0.149. The maximum absolute atomic E-state index is 13.2. The molecule has 136 valence electrons. The van der Waals surface area contributed by atoms with Crippen molar-refractivity contribution < 1.29 is 4.79 Å². The topological polar surface area (TPSA) is 55.1 Å². The van der Waals surface area contributed by atoms with E-state index >= 15 is 0 Å². The molecule has 2 unspecified atom stereocenters. The van der Waals surface area contributed by atoms with Crippen LogP contribution in [-0.2, 0) is 10.2 Å². The normalized spacial score (nSPS) is 36.5. The van der Waals surface area contributed by atoms with Crippen molar-refractivity contribution in [3.8, 4) is 0 Å². The number of nitrogens with two attached hydrogens (primary N) is 1. The van der Waals surface area contributed by atoms with Crippen LogP contribution in [0.15, 0.2) is 24.3 Å². The first-order valence-corrected chi connectivity index (χ1v) is 9.84. The van der Waals surface area contributed by atoms with Gasteiger partial charge in [0.05, 0.1) is 5.41 Å². The van der Waals surface area contributed by atoms with Gasteiger partial charge in [0.15, 0.2) is 0 Å². The minimum Gasteiger partial charge on any atom is -0.354 e. The number of carbonyl (C=O) groups excluding carboxylic acids is 1. The van der Waals surface area contributed by atoms with Gasteiger partial charge in [-0.05, 0) is 82.1 Å². The van der Waals surface area contributed by atoms with Gasteiger partial charge >= 0.3 is 0 Å². The fourth-order valence-electron chi connectivity index (χ4n) is 6.27. The van der Waals surface area contributed by atoms with Crippen LogP contribution in [0, 0.1) is 24.2 Å². The summed E-state index contributed by atoms with van der Waals surface area (Å²) in [4.78, 5) is 13.2. The predicted molar refractivity (Wildman–Crippen MR) is 101 cm³/mol. The quantitative estimate of drug-likeness (QED) is 0.878. The third-order valence-corrected chi connectivity index (χ3v) is 6.91. The van der Waals surface area contributed by atoms with Crippen LogP contribution in [-0.4, -0.2) is 18.0 Å². The average molecular weight is 341 g/mol. The van der Waals surface area contributed by atoms with E-state index in [-0.39, 0.29) is 22.3 Å². The maximum Gasteiger partial charge on any atom is 0.226 e. The molecule has 0 heterocycles. The molecule has 1 aromatic carbocycles. The zero-order chi connectivity index (χ0) is 17.9. The van der Waals surface area contributed by atoms with E-state index in [4.69, 9.17) is 5.73 Å². The van der Waals surface area contributed by atoms with E-state index in [9.17, 15) is 4.79 Å². The summed E-state index contributed by atoms with van der Waals surface area (Å²) in [6, 6.07) is 9.10. The molecule has 2 atom stereocenters. The van der Waals surface area contributed by atoms with Crippen LogP contribution < -0.4 is 11.1 Å². The van der Waals surface area contributed by atoms with Gasteiger partial charge in [-0.15, -0.1) is 0 Å². The third kappa shape index (κ3) is 3.01. The molecule has 4 aliphatic rings. The highest BCUT2D eigenvalue weighted by Crippen LogP contribution is 2.65. The molecule has 4 saturated carbocycles. The van der Waals surface area contributed by atoms with Gasteiger partial charge in [0.1, 0.15) is 0 Å². The van der Waals surface area contributed by atoms with Crippen molar-refractivity contribution in [1.29, 1.82) is 0 Å². The molecule has 0 aromatic heterocycles. The first-order chi connectivity index (χ1) is 11.7. The zero-order valence-electron chi connectivity index (χ0n) is 15.9. The molecule has 0 saturated heterocycles. The lowest BCUT2D eigenvalue weighted by atomic mass is 9.42. The number of benzene rings is 1. The van der Waals surface area contributed by atoms with Crippen molar-refractivity contribution in [3.05, 3.63) is 35.4 Å². The van der Waals surface area contributed by atoms with Gasteiger partial charge in [-0.3, -0.25) is 4.79 Å². The number of hydrogen-bond acceptors (Lipinski definition) is 2. The first kappa shape index (κ1) is 17.1. The fourth-order valence-corrected chi connectivity index (χ4v) is 6.27. The highest BCUT2D eigenvalue weighted by Gasteiger charge is 2.60. The van der Waals surface area contributed by atoms with Gasteiger partial charge < -0.3 is 11.1 Å². The lowest BCUT2D eigenvalue weighted by Crippen LogP contribution is -2.60. The van der Waals surface area contributed by atoms with E-state index in [1.54, 1.807) is 0 Å². The molecule has 3 nitrogen and oxygen atoms in total. The summed E-state index contributed by atoms with van der Waals surface area (Å²) in [5.74, 6) is 1.68. The lowest BCUT2D eigenvalue weighted by Gasteiger charge is -2.61. The Morgan fingerprint density at radius 2 is 1.76 bits per heavy atom. The number of rotatable bonds is 4. The van der Waals surface area contributed by atoms with Gasteiger partial charge in [0, 0.05) is 12.1 Å². The summed E-state index contributed by atoms with van der Waals surface area (Å²) >= 11 is 0. The van der Waals surface area contributed by atoms with Crippen molar-refractivity contribution in [3.63, 3.8) is 0 Å². The smallest absolute Gasteiger partial charge is 0.226 e. The second kappa shape index (κ2) is 5.57. The third-order valence-electron chi connectivity index (χ3n) is 6.91. The largest absolute Gasteiger partial charge is 0.354 e. The Hall–Kier alpha value is -1.35. The Morgan fingerprint density at radius 1 is 1.16 bits per heavy atom. The summed E-state index contributed by atoms with van der Waals surface area (Å²) < 4.78 is 0. The Bertz CT molecular complexity index is 656. The van der Waals surface area contributed by atoms with E-state index in [1.807, 2.05) is 13.8 Å². The molecule has 4 aliphatic carbocycles. The minimum absolute atomic E-state index is 0.166. The molecule has 0 aliphatic heterocycles. The molecule has 3 heteroatoms. The Labute approximate surface area is 151 Å². The van der Waals surface area contributed by atoms with Crippen LogP contribution in [0.1, 0.15) is 63.5 Å². The number of hydrogen-bond donors (Lipinski definition) is 2. The van der Waals surface area contributed by atoms with Crippen LogP contribution in [0.25, 0.3) is 0 Å². The van der Waals surface area contributed by atoms with Crippen LogP contribution in [0.5, 0.6) is 0 Å². The summed E-state index contributed by atoms with van der Waals surface area (Å²) in [5, 5.41) is 3.19. The Morgan fingerprint density at radius 3 is 2.32 bits per heavy atom. The van der Waals surface area contributed by atoms with E-state index in [0.29, 0.717) is 18.4 Å². The molecule has 0 radical (unpaired) electrons. The molecular weight excluding hydrogens is 308 g/mol. The fraction of sp³-hybridized carbons (Fsp3) is 0.682. The monoisotopic (exact) mass is 340 g/mol. The summed E-state index contributed by atoms with van der Waals surface area (Å²) in [7, 11) is 0. The highest BCUT2D eigenvalue weighted by atomic mass is 16.2. The second-order valence-corrected chi connectivity index (χ2v) is 10.1. The van der Waals surface area contributed by atoms with Crippen molar-refractivity contribution >= 4 is 5.91 Å². The van der Waals surface area contributed by atoms with Gasteiger partial charge in [0.2, 0.25) is 5.91 Å². The molecule has 1 amide bonds. The summed E-state index contributed by atoms with van der Waals surface area (Å²) in [6.07, 6.45) is 7.04. The van der Waals surface area contributed by atoms with Crippen LogP contribution in [0.2, 0.25) is 0 Å². The van der Waals surface area contributed by atoms with E-state index < -0.39 is 0 Å². The van der Waals surface area contributed by atoms with Crippen LogP contribution in [0.4, 0.5) is 0 Å². The van der Waals surface area contributed by atoms with E-state index in [2.05, 4.69) is 36.5 Å². The number of carbonyl (C=O) groups is 1. The average Bonchev–Trinajstić information content (AvgIpc) is 2.51. The predicted octanol–water partition coefficient (Wildman–Crippen LogP) is 3.69. The van der Waals surface area contributed by atoms with Gasteiger partial charge in [-0.2, -0.15) is 0 Å². The van der Waals surface area contributed by atoms with Gasteiger partial charge in [-0.25, -0.2) is 0 Å². The zero-order valence-corrected chi connectivity index (χ0v) is 15.9. The molecule has 25 heavy (non-hydrogen) atoms. The molecule has 3 N–H and O–H groups in total. The van der Waals surface area contributed by atoms with Crippen molar-refractivity contribution in [2.45, 2.75) is 70.3 Å². The molecule has 5 rings (SSSR count). The SMILES string of the molecule is Cc1ccc(C23CC4CC(CC(C(=O)NCC(C)(C)N)(C4)C2)C3)cc1. The maximum atomic E-state index is 13.2. The Balaban J connectivity index is 1.63. The highest BCUT2D eigenvalue weighted by molar-refractivity contribution is 5.83. The van der Waals surface area contributed by atoms with Crippen LogP contribution >= 0.6 is 0 Å². The summed E-state index contributed by atoms with van der Waals surface area (Å²) in [5.41, 5.74) is 8.56. The van der Waals surface area contributed by atoms with E-state index in [0.717, 1.165) is 19.3 Å². The van der Waals surface area contributed by atoms with E-state index in [1.165, 1.54) is 30.4 Å². The van der Waals surface area contributed by atoms with Gasteiger partial charge in [0.25, 0.3) is 0 Å². The Kier molecular flexibility index (Phi) is 3.81. The molecule has 1 aromatic rings.